The second kappa shape index (κ2) is 6.85. The number of anilines is 1. The lowest BCUT2D eigenvalue weighted by atomic mass is 10.1. The number of carbonyl (C=O) groups excluding carboxylic acids is 1. The van der Waals surface area contributed by atoms with Gasteiger partial charge in [0.25, 0.3) is 0 Å². The zero-order chi connectivity index (χ0) is 15.2. The van der Waals surface area contributed by atoms with Crippen LogP contribution >= 0.6 is 11.3 Å². The van der Waals surface area contributed by atoms with Crippen LogP contribution in [0.5, 0.6) is 0 Å². The minimum atomic E-state index is -0.395. The standard InChI is InChI=1S/C14H15N3O3S/c1-15-13(18)8-10-4-2-3-5-12(10)16-9-11-6-7-14(21-11)17(19)20/h2-7,16H,8-9H2,1H3,(H,15,18). The van der Waals surface area contributed by atoms with Gasteiger partial charge in [-0.15, -0.1) is 0 Å². The Hall–Kier alpha value is -2.41. The fraction of sp³-hybridized carbons (Fsp3) is 0.214. The number of nitrogens with one attached hydrogen (secondary N) is 2. The molecule has 0 aliphatic rings. The third-order valence-corrected chi connectivity index (χ3v) is 3.96. The molecule has 2 N–H and O–H groups in total. The molecular weight excluding hydrogens is 290 g/mol. The van der Waals surface area contributed by atoms with Crippen molar-refractivity contribution in [3.8, 4) is 0 Å². The lowest BCUT2D eigenvalue weighted by Crippen LogP contribution is -2.20. The van der Waals surface area contributed by atoms with Gasteiger partial charge in [-0.1, -0.05) is 29.5 Å². The van der Waals surface area contributed by atoms with Gasteiger partial charge in [-0.05, 0) is 17.7 Å². The Morgan fingerprint density at radius 3 is 2.71 bits per heavy atom. The van der Waals surface area contributed by atoms with E-state index >= 15 is 0 Å². The van der Waals surface area contributed by atoms with Gasteiger partial charge in [-0.3, -0.25) is 14.9 Å². The van der Waals surface area contributed by atoms with Crippen LogP contribution < -0.4 is 10.6 Å². The number of amides is 1. The maximum absolute atomic E-state index is 11.5. The lowest BCUT2D eigenvalue weighted by Gasteiger charge is -2.10. The number of thiophene rings is 1. The lowest BCUT2D eigenvalue weighted by molar-refractivity contribution is -0.380. The number of nitrogens with zero attached hydrogens (tertiary/aromatic N) is 1. The number of benzene rings is 1. The van der Waals surface area contributed by atoms with E-state index in [1.54, 1.807) is 13.1 Å². The van der Waals surface area contributed by atoms with Gasteiger partial charge in [0.15, 0.2) is 0 Å². The quantitative estimate of drug-likeness (QED) is 0.634. The average Bonchev–Trinajstić information content (AvgIpc) is 2.95. The van der Waals surface area contributed by atoms with Crippen LogP contribution in [0.2, 0.25) is 0 Å². The fourth-order valence-electron chi connectivity index (χ4n) is 1.85. The highest BCUT2D eigenvalue weighted by Crippen LogP contribution is 2.25. The van der Waals surface area contributed by atoms with E-state index in [-0.39, 0.29) is 10.9 Å². The van der Waals surface area contributed by atoms with E-state index in [9.17, 15) is 14.9 Å². The third kappa shape index (κ3) is 4.03. The summed E-state index contributed by atoms with van der Waals surface area (Å²) in [4.78, 5) is 22.6. The van der Waals surface area contributed by atoms with Crippen molar-refractivity contribution in [2.45, 2.75) is 13.0 Å². The topological polar surface area (TPSA) is 84.3 Å². The van der Waals surface area contributed by atoms with Crippen LogP contribution in [0.3, 0.4) is 0 Å². The van der Waals surface area contributed by atoms with Gasteiger partial charge in [-0.25, -0.2) is 0 Å². The SMILES string of the molecule is CNC(=O)Cc1ccccc1NCc1ccc([N+](=O)[O-])s1. The van der Waals surface area contributed by atoms with Crippen molar-refractivity contribution in [2.75, 3.05) is 12.4 Å². The number of carbonyl (C=O) groups is 1. The molecular formula is C14H15N3O3S. The molecule has 0 atom stereocenters. The Morgan fingerprint density at radius 1 is 1.29 bits per heavy atom. The molecule has 6 nitrogen and oxygen atoms in total. The van der Waals surface area contributed by atoms with Gasteiger partial charge in [0.05, 0.1) is 11.3 Å². The summed E-state index contributed by atoms with van der Waals surface area (Å²) in [6, 6.07) is 10.8. The summed E-state index contributed by atoms with van der Waals surface area (Å²) in [6.45, 7) is 0.489. The average molecular weight is 305 g/mol. The number of rotatable bonds is 6. The summed E-state index contributed by atoms with van der Waals surface area (Å²) in [5, 5.41) is 16.6. The molecule has 0 radical (unpaired) electrons. The first kappa shape index (κ1) is 15.0. The Morgan fingerprint density at radius 2 is 2.05 bits per heavy atom. The monoisotopic (exact) mass is 305 g/mol. The summed E-state index contributed by atoms with van der Waals surface area (Å²) in [7, 11) is 1.60. The number of nitro groups is 1. The van der Waals surface area contributed by atoms with Gasteiger partial charge in [0.2, 0.25) is 5.91 Å². The Balaban J connectivity index is 2.05. The molecule has 0 saturated heterocycles. The molecule has 1 aromatic carbocycles. The van der Waals surface area contributed by atoms with E-state index in [1.807, 2.05) is 24.3 Å². The molecule has 1 aromatic heterocycles. The smallest absolute Gasteiger partial charge is 0.324 e. The zero-order valence-corrected chi connectivity index (χ0v) is 12.3. The van der Waals surface area contributed by atoms with E-state index in [1.165, 1.54) is 6.07 Å². The van der Waals surface area contributed by atoms with Crippen LogP contribution in [-0.4, -0.2) is 17.9 Å². The highest BCUT2D eigenvalue weighted by atomic mass is 32.1. The third-order valence-electron chi connectivity index (χ3n) is 2.93. The van der Waals surface area contributed by atoms with Gasteiger partial charge < -0.3 is 10.6 Å². The van der Waals surface area contributed by atoms with Crippen molar-refractivity contribution in [1.29, 1.82) is 0 Å². The Bertz CT molecular complexity index is 654. The van der Waals surface area contributed by atoms with Crippen molar-refractivity contribution < 1.29 is 9.72 Å². The molecule has 21 heavy (non-hydrogen) atoms. The highest BCUT2D eigenvalue weighted by Gasteiger charge is 2.10. The number of hydrogen-bond acceptors (Lipinski definition) is 5. The predicted octanol–water partition coefficient (Wildman–Crippen LogP) is 2.56. The van der Waals surface area contributed by atoms with Crippen LogP contribution in [0.25, 0.3) is 0 Å². The van der Waals surface area contributed by atoms with Crippen molar-refractivity contribution in [3.63, 3.8) is 0 Å². The summed E-state index contributed by atoms with van der Waals surface area (Å²) < 4.78 is 0. The molecule has 0 aliphatic heterocycles. The van der Waals surface area contributed by atoms with E-state index < -0.39 is 4.92 Å². The van der Waals surface area contributed by atoms with Crippen LogP contribution in [0.4, 0.5) is 10.7 Å². The van der Waals surface area contributed by atoms with Crippen molar-refractivity contribution in [1.82, 2.24) is 5.32 Å². The highest BCUT2D eigenvalue weighted by molar-refractivity contribution is 7.15. The van der Waals surface area contributed by atoms with E-state index in [4.69, 9.17) is 0 Å². The largest absolute Gasteiger partial charge is 0.380 e. The summed E-state index contributed by atoms with van der Waals surface area (Å²) in [6.07, 6.45) is 0.296. The fourth-order valence-corrected chi connectivity index (χ4v) is 2.61. The molecule has 1 amide bonds. The molecule has 0 bridgehead atoms. The second-order valence-corrected chi connectivity index (χ2v) is 5.50. The minimum Gasteiger partial charge on any atom is -0.380 e. The van der Waals surface area contributed by atoms with Gasteiger partial charge in [-0.2, -0.15) is 0 Å². The van der Waals surface area contributed by atoms with Gasteiger partial charge in [0, 0.05) is 30.2 Å². The molecule has 110 valence electrons. The maximum atomic E-state index is 11.5. The normalized spacial score (nSPS) is 10.1. The van der Waals surface area contributed by atoms with Gasteiger partial charge >= 0.3 is 5.00 Å². The van der Waals surface area contributed by atoms with Crippen LogP contribution in [-0.2, 0) is 17.8 Å². The van der Waals surface area contributed by atoms with E-state index in [0.29, 0.717) is 13.0 Å². The van der Waals surface area contributed by atoms with Crippen molar-refractivity contribution in [2.24, 2.45) is 0 Å². The molecule has 1 heterocycles. The molecule has 7 heteroatoms. The predicted molar refractivity (Wildman–Crippen MR) is 82.5 cm³/mol. The maximum Gasteiger partial charge on any atom is 0.324 e. The summed E-state index contributed by atoms with van der Waals surface area (Å²) in [5.74, 6) is -0.0592. The molecule has 0 fully saturated rings. The molecule has 0 saturated carbocycles. The molecule has 0 aliphatic carbocycles. The van der Waals surface area contributed by atoms with Crippen molar-refractivity contribution in [3.05, 3.63) is 57.0 Å². The number of hydrogen-bond donors (Lipinski definition) is 2. The first-order valence-corrected chi connectivity index (χ1v) is 7.17. The first-order chi connectivity index (χ1) is 10.1. The molecule has 2 rings (SSSR count). The Kier molecular flexibility index (Phi) is 4.89. The second-order valence-electron chi connectivity index (χ2n) is 4.36. The number of likely N-dealkylation sites (N-methyl/N-ethyl adjacent to an activating group) is 1. The zero-order valence-electron chi connectivity index (χ0n) is 11.5. The van der Waals surface area contributed by atoms with Crippen LogP contribution in [0.15, 0.2) is 36.4 Å². The van der Waals surface area contributed by atoms with Gasteiger partial charge in [0.1, 0.15) is 0 Å². The summed E-state index contributed by atoms with van der Waals surface area (Å²) >= 11 is 1.14. The summed E-state index contributed by atoms with van der Waals surface area (Å²) in [5.41, 5.74) is 1.75. The van der Waals surface area contributed by atoms with Crippen LogP contribution in [0, 0.1) is 10.1 Å². The first-order valence-electron chi connectivity index (χ1n) is 6.35. The Labute approximate surface area is 126 Å². The number of para-hydroxylation sites is 1. The molecule has 2 aromatic rings. The van der Waals surface area contributed by atoms with E-state index in [0.717, 1.165) is 27.5 Å². The molecule has 0 unspecified atom stereocenters. The van der Waals surface area contributed by atoms with Crippen molar-refractivity contribution >= 4 is 27.9 Å². The van der Waals surface area contributed by atoms with Crippen LogP contribution in [0.1, 0.15) is 10.4 Å². The molecule has 0 spiro atoms. The van der Waals surface area contributed by atoms with E-state index in [2.05, 4.69) is 10.6 Å². The minimum absolute atomic E-state index is 0.0592.